The van der Waals surface area contributed by atoms with Crippen molar-refractivity contribution in [2.24, 2.45) is 17.8 Å². The van der Waals surface area contributed by atoms with Crippen molar-refractivity contribution in [2.45, 2.75) is 79.7 Å². The molecule has 0 spiro atoms. The molecule has 1 aromatic rings. The van der Waals surface area contributed by atoms with Gasteiger partial charge < -0.3 is 0 Å². The standard InChI is InChI=1S/C17H33N3/c1-14(2)9-8-11-17-13-18-19-20(17)12-7-6-10-16(5)15(3)4/h13-16H,6-12H2,1-5H3. The van der Waals surface area contributed by atoms with Crippen LogP contribution in [0.5, 0.6) is 0 Å². The Morgan fingerprint density at radius 3 is 2.40 bits per heavy atom. The average Bonchev–Trinajstić information content (AvgIpc) is 2.81. The molecule has 3 nitrogen and oxygen atoms in total. The zero-order chi connectivity index (χ0) is 15.0. The fourth-order valence-corrected chi connectivity index (χ4v) is 2.41. The molecule has 3 heteroatoms. The highest BCUT2D eigenvalue weighted by Gasteiger charge is 2.08. The fourth-order valence-electron chi connectivity index (χ4n) is 2.41. The van der Waals surface area contributed by atoms with Gasteiger partial charge in [0.1, 0.15) is 0 Å². The van der Waals surface area contributed by atoms with Gasteiger partial charge in [-0.3, -0.25) is 0 Å². The maximum absolute atomic E-state index is 4.23. The molecule has 1 atom stereocenters. The van der Waals surface area contributed by atoms with Crippen LogP contribution in [0.15, 0.2) is 6.20 Å². The Morgan fingerprint density at radius 1 is 1.00 bits per heavy atom. The van der Waals surface area contributed by atoms with Crippen molar-refractivity contribution in [1.82, 2.24) is 15.0 Å². The molecule has 0 aromatic carbocycles. The van der Waals surface area contributed by atoms with E-state index in [-0.39, 0.29) is 0 Å². The Kier molecular flexibility index (Phi) is 7.86. The second kappa shape index (κ2) is 9.15. The molecule has 1 aromatic heterocycles. The van der Waals surface area contributed by atoms with Crippen molar-refractivity contribution in [3.8, 4) is 0 Å². The molecule has 0 fully saturated rings. The van der Waals surface area contributed by atoms with Crippen LogP contribution in [0, 0.1) is 17.8 Å². The van der Waals surface area contributed by atoms with Gasteiger partial charge in [-0.25, -0.2) is 4.68 Å². The number of hydrogen-bond acceptors (Lipinski definition) is 2. The third kappa shape index (κ3) is 6.53. The predicted octanol–water partition coefficient (Wildman–Crippen LogP) is 4.72. The SMILES string of the molecule is CC(C)CCCc1cnnn1CCCCC(C)C(C)C. The van der Waals surface area contributed by atoms with E-state index in [1.54, 1.807) is 0 Å². The van der Waals surface area contributed by atoms with Crippen LogP contribution < -0.4 is 0 Å². The van der Waals surface area contributed by atoms with Crippen LogP contribution in [0.1, 0.15) is 72.4 Å². The first-order valence-electron chi connectivity index (χ1n) is 8.38. The Bertz CT molecular complexity index is 355. The summed E-state index contributed by atoms with van der Waals surface area (Å²) in [6.07, 6.45) is 9.44. The van der Waals surface area contributed by atoms with Crippen molar-refractivity contribution in [1.29, 1.82) is 0 Å². The van der Waals surface area contributed by atoms with E-state index in [0.717, 1.165) is 30.7 Å². The van der Waals surface area contributed by atoms with Gasteiger partial charge in [0.2, 0.25) is 0 Å². The molecule has 20 heavy (non-hydrogen) atoms. The van der Waals surface area contributed by atoms with Gasteiger partial charge in [0.25, 0.3) is 0 Å². The lowest BCUT2D eigenvalue weighted by molar-refractivity contribution is 0.369. The van der Waals surface area contributed by atoms with Crippen molar-refractivity contribution in [2.75, 3.05) is 0 Å². The zero-order valence-corrected chi connectivity index (χ0v) is 14.1. The zero-order valence-electron chi connectivity index (χ0n) is 14.1. The van der Waals surface area contributed by atoms with Gasteiger partial charge in [0.15, 0.2) is 0 Å². The number of nitrogens with zero attached hydrogens (tertiary/aromatic N) is 3. The predicted molar refractivity (Wildman–Crippen MR) is 85.7 cm³/mol. The summed E-state index contributed by atoms with van der Waals surface area (Å²) in [5, 5.41) is 8.31. The monoisotopic (exact) mass is 279 g/mol. The lowest BCUT2D eigenvalue weighted by Crippen LogP contribution is -2.08. The number of hydrogen-bond donors (Lipinski definition) is 0. The van der Waals surface area contributed by atoms with Gasteiger partial charge in [-0.1, -0.05) is 59.1 Å². The van der Waals surface area contributed by atoms with Crippen LogP contribution in [0.2, 0.25) is 0 Å². The Morgan fingerprint density at radius 2 is 1.75 bits per heavy atom. The summed E-state index contributed by atoms with van der Waals surface area (Å²) < 4.78 is 2.11. The lowest BCUT2D eigenvalue weighted by atomic mass is 9.93. The second-order valence-corrected chi connectivity index (χ2v) is 6.95. The first-order valence-corrected chi connectivity index (χ1v) is 8.38. The third-order valence-electron chi connectivity index (χ3n) is 4.33. The minimum atomic E-state index is 0.789. The van der Waals surface area contributed by atoms with Gasteiger partial charge in [-0.15, -0.1) is 5.10 Å². The molecule has 0 aliphatic heterocycles. The molecule has 0 bridgehead atoms. The molecular formula is C17H33N3. The van der Waals surface area contributed by atoms with E-state index in [0.29, 0.717) is 0 Å². The van der Waals surface area contributed by atoms with Crippen molar-refractivity contribution in [3.63, 3.8) is 0 Å². The van der Waals surface area contributed by atoms with Crippen molar-refractivity contribution < 1.29 is 0 Å². The fraction of sp³-hybridized carbons (Fsp3) is 0.882. The van der Waals surface area contributed by atoms with Crippen molar-refractivity contribution in [3.05, 3.63) is 11.9 Å². The van der Waals surface area contributed by atoms with Crippen LogP contribution in [0.4, 0.5) is 0 Å². The molecule has 0 N–H and O–H groups in total. The third-order valence-corrected chi connectivity index (χ3v) is 4.33. The van der Waals surface area contributed by atoms with E-state index in [1.807, 2.05) is 6.20 Å². The lowest BCUT2D eigenvalue weighted by Gasteiger charge is -2.15. The smallest absolute Gasteiger partial charge is 0.0725 e. The van der Waals surface area contributed by atoms with Gasteiger partial charge in [-0.2, -0.15) is 0 Å². The molecule has 1 rings (SSSR count). The molecule has 0 saturated heterocycles. The molecule has 0 aliphatic rings. The molecule has 116 valence electrons. The highest BCUT2D eigenvalue weighted by molar-refractivity contribution is 4.93. The van der Waals surface area contributed by atoms with E-state index in [9.17, 15) is 0 Å². The molecule has 0 aliphatic carbocycles. The van der Waals surface area contributed by atoms with E-state index in [1.165, 1.54) is 37.8 Å². The van der Waals surface area contributed by atoms with Gasteiger partial charge >= 0.3 is 0 Å². The topological polar surface area (TPSA) is 30.7 Å². The van der Waals surface area contributed by atoms with Gasteiger partial charge in [0.05, 0.1) is 11.9 Å². The minimum absolute atomic E-state index is 0.789. The van der Waals surface area contributed by atoms with Crippen LogP contribution >= 0.6 is 0 Å². The maximum Gasteiger partial charge on any atom is 0.0725 e. The first kappa shape index (κ1) is 17.2. The summed E-state index contributed by atoms with van der Waals surface area (Å²) >= 11 is 0. The molecule has 1 unspecified atom stereocenters. The number of aromatic nitrogens is 3. The van der Waals surface area contributed by atoms with Gasteiger partial charge in [0, 0.05) is 6.54 Å². The maximum atomic E-state index is 4.23. The second-order valence-electron chi connectivity index (χ2n) is 6.95. The summed E-state index contributed by atoms with van der Waals surface area (Å²) in [6, 6.07) is 0. The normalized spacial score (nSPS) is 13.3. The van der Waals surface area contributed by atoms with Crippen LogP contribution in [0.25, 0.3) is 0 Å². The number of aryl methyl sites for hydroxylation is 2. The average molecular weight is 279 g/mol. The molecule has 0 amide bonds. The van der Waals surface area contributed by atoms with Crippen LogP contribution in [-0.2, 0) is 13.0 Å². The highest BCUT2D eigenvalue weighted by atomic mass is 15.4. The first-order chi connectivity index (χ1) is 9.50. The molecule has 1 heterocycles. The number of rotatable bonds is 10. The van der Waals surface area contributed by atoms with Gasteiger partial charge in [-0.05, 0) is 37.0 Å². The largest absolute Gasteiger partial charge is 0.249 e. The Balaban J connectivity index is 2.25. The molecule has 0 saturated carbocycles. The van der Waals surface area contributed by atoms with Crippen molar-refractivity contribution >= 4 is 0 Å². The Hall–Kier alpha value is -0.860. The summed E-state index contributed by atoms with van der Waals surface area (Å²) in [5.41, 5.74) is 1.31. The van der Waals surface area contributed by atoms with Crippen LogP contribution in [0.3, 0.4) is 0 Å². The van der Waals surface area contributed by atoms with E-state index in [2.05, 4.69) is 49.6 Å². The summed E-state index contributed by atoms with van der Waals surface area (Å²) in [6.45, 7) is 12.6. The van der Waals surface area contributed by atoms with E-state index in [4.69, 9.17) is 0 Å². The van der Waals surface area contributed by atoms with E-state index < -0.39 is 0 Å². The summed E-state index contributed by atoms with van der Waals surface area (Å²) in [5.74, 6) is 2.42. The molecule has 0 radical (unpaired) electrons. The summed E-state index contributed by atoms with van der Waals surface area (Å²) in [7, 11) is 0. The van der Waals surface area contributed by atoms with E-state index >= 15 is 0 Å². The minimum Gasteiger partial charge on any atom is -0.249 e. The molecular weight excluding hydrogens is 246 g/mol. The quantitative estimate of drug-likeness (QED) is 0.580. The number of unbranched alkanes of at least 4 members (excludes halogenated alkanes) is 1. The Labute approximate surface area is 125 Å². The summed E-state index contributed by atoms with van der Waals surface area (Å²) in [4.78, 5) is 0. The van der Waals surface area contributed by atoms with Crippen LogP contribution in [-0.4, -0.2) is 15.0 Å². The highest BCUT2D eigenvalue weighted by Crippen LogP contribution is 2.17.